The SMILES string of the molecule is Cc1ccc(NCC(O)C(C)C)cc1. The zero-order valence-electron chi connectivity index (χ0n) is 9.12. The van der Waals surface area contributed by atoms with E-state index >= 15 is 0 Å². The van der Waals surface area contributed by atoms with E-state index in [1.807, 2.05) is 26.0 Å². The third-order valence-corrected chi connectivity index (χ3v) is 2.34. The highest BCUT2D eigenvalue weighted by molar-refractivity contribution is 5.44. The first-order valence-electron chi connectivity index (χ1n) is 5.08. The van der Waals surface area contributed by atoms with E-state index in [0.717, 1.165) is 5.69 Å². The number of hydrogen-bond donors (Lipinski definition) is 2. The molecule has 0 saturated carbocycles. The van der Waals surface area contributed by atoms with Gasteiger partial charge < -0.3 is 10.4 Å². The summed E-state index contributed by atoms with van der Waals surface area (Å²) in [4.78, 5) is 0. The van der Waals surface area contributed by atoms with Gasteiger partial charge in [-0.25, -0.2) is 0 Å². The van der Waals surface area contributed by atoms with Crippen molar-refractivity contribution in [3.63, 3.8) is 0 Å². The molecule has 0 fully saturated rings. The van der Waals surface area contributed by atoms with E-state index in [4.69, 9.17) is 0 Å². The summed E-state index contributed by atoms with van der Waals surface area (Å²) in [5.41, 5.74) is 2.32. The quantitative estimate of drug-likeness (QED) is 0.769. The minimum Gasteiger partial charge on any atom is -0.391 e. The molecule has 2 nitrogen and oxygen atoms in total. The first-order valence-corrected chi connectivity index (χ1v) is 5.08. The average Bonchev–Trinajstić information content (AvgIpc) is 2.16. The molecule has 0 bridgehead atoms. The van der Waals surface area contributed by atoms with Crippen molar-refractivity contribution < 1.29 is 5.11 Å². The fraction of sp³-hybridized carbons (Fsp3) is 0.500. The minimum atomic E-state index is -0.281. The van der Waals surface area contributed by atoms with Crippen LogP contribution in [0, 0.1) is 12.8 Å². The maximum Gasteiger partial charge on any atom is 0.0735 e. The van der Waals surface area contributed by atoms with Crippen LogP contribution in [0.15, 0.2) is 24.3 Å². The summed E-state index contributed by atoms with van der Waals surface area (Å²) >= 11 is 0. The highest BCUT2D eigenvalue weighted by Crippen LogP contribution is 2.09. The van der Waals surface area contributed by atoms with Gasteiger partial charge in [-0.15, -0.1) is 0 Å². The monoisotopic (exact) mass is 193 g/mol. The van der Waals surface area contributed by atoms with Crippen LogP contribution >= 0.6 is 0 Å². The molecule has 0 amide bonds. The zero-order chi connectivity index (χ0) is 10.6. The van der Waals surface area contributed by atoms with E-state index in [2.05, 4.69) is 24.4 Å². The molecule has 1 rings (SSSR count). The zero-order valence-corrected chi connectivity index (χ0v) is 9.12. The Hall–Kier alpha value is -1.02. The van der Waals surface area contributed by atoms with E-state index in [0.29, 0.717) is 12.5 Å². The normalized spacial score (nSPS) is 12.9. The van der Waals surface area contributed by atoms with Crippen molar-refractivity contribution in [2.75, 3.05) is 11.9 Å². The first-order chi connectivity index (χ1) is 6.59. The Morgan fingerprint density at radius 1 is 1.21 bits per heavy atom. The molecule has 0 saturated heterocycles. The third-order valence-electron chi connectivity index (χ3n) is 2.34. The van der Waals surface area contributed by atoms with Gasteiger partial charge in [-0.3, -0.25) is 0 Å². The summed E-state index contributed by atoms with van der Waals surface area (Å²) < 4.78 is 0. The lowest BCUT2D eigenvalue weighted by molar-refractivity contribution is 0.138. The van der Waals surface area contributed by atoms with Gasteiger partial charge in [0, 0.05) is 12.2 Å². The second-order valence-electron chi connectivity index (χ2n) is 4.06. The van der Waals surface area contributed by atoms with E-state index in [1.165, 1.54) is 5.56 Å². The van der Waals surface area contributed by atoms with Crippen molar-refractivity contribution in [2.24, 2.45) is 5.92 Å². The summed E-state index contributed by atoms with van der Waals surface area (Å²) in [5, 5.41) is 12.8. The molecule has 2 heteroatoms. The maximum absolute atomic E-state index is 9.58. The Labute approximate surface area is 86.0 Å². The van der Waals surface area contributed by atoms with E-state index in [1.54, 1.807) is 0 Å². The summed E-state index contributed by atoms with van der Waals surface area (Å²) in [6, 6.07) is 8.18. The molecule has 1 atom stereocenters. The van der Waals surface area contributed by atoms with Gasteiger partial charge in [0.25, 0.3) is 0 Å². The predicted molar refractivity (Wildman–Crippen MR) is 60.5 cm³/mol. The van der Waals surface area contributed by atoms with E-state index in [9.17, 15) is 5.11 Å². The number of aryl methyl sites for hydroxylation is 1. The molecule has 0 aliphatic carbocycles. The van der Waals surface area contributed by atoms with Crippen molar-refractivity contribution in [2.45, 2.75) is 26.9 Å². The fourth-order valence-electron chi connectivity index (χ4n) is 1.13. The average molecular weight is 193 g/mol. The molecule has 0 heterocycles. The Bertz CT molecular complexity index is 266. The molecule has 0 radical (unpaired) electrons. The molecule has 1 aromatic carbocycles. The van der Waals surface area contributed by atoms with Crippen LogP contribution in [-0.2, 0) is 0 Å². The van der Waals surface area contributed by atoms with Crippen molar-refractivity contribution in [3.8, 4) is 0 Å². The van der Waals surface area contributed by atoms with Gasteiger partial charge in [-0.2, -0.15) is 0 Å². The summed E-state index contributed by atoms with van der Waals surface area (Å²) in [7, 11) is 0. The second kappa shape index (κ2) is 5.01. The van der Waals surface area contributed by atoms with Crippen LogP contribution in [0.25, 0.3) is 0 Å². The number of nitrogens with one attached hydrogen (secondary N) is 1. The van der Waals surface area contributed by atoms with Gasteiger partial charge in [-0.05, 0) is 25.0 Å². The van der Waals surface area contributed by atoms with Gasteiger partial charge >= 0.3 is 0 Å². The largest absolute Gasteiger partial charge is 0.391 e. The summed E-state index contributed by atoms with van der Waals surface area (Å²) in [6.07, 6.45) is -0.281. The van der Waals surface area contributed by atoms with Gasteiger partial charge in [0.1, 0.15) is 0 Å². The lowest BCUT2D eigenvalue weighted by atomic mass is 10.1. The minimum absolute atomic E-state index is 0.281. The Kier molecular flexibility index (Phi) is 3.96. The molecule has 1 unspecified atom stereocenters. The third kappa shape index (κ3) is 3.38. The van der Waals surface area contributed by atoms with E-state index < -0.39 is 0 Å². The summed E-state index contributed by atoms with van der Waals surface area (Å²) in [5.74, 6) is 0.299. The van der Waals surface area contributed by atoms with Crippen molar-refractivity contribution in [1.82, 2.24) is 0 Å². The second-order valence-corrected chi connectivity index (χ2v) is 4.06. The van der Waals surface area contributed by atoms with Gasteiger partial charge in [-0.1, -0.05) is 31.5 Å². The molecule has 0 aliphatic rings. The van der Waals surface area contributed by atoms with Crippen LogP contribution in [0.5, 0.6) is 0 Å². The smallest absolute Gasteiger partial charge is 0.0735 e. The lowest BCUT2D eigenvalue weighted by Gasteiger charge is -2.15. The topological polar surface area (TPSA) is 32.3 Å². The summed E-state index contributed by atoms with van der Waals surface area (Å²) in [6.45, 7) is 6.70. The van der Waals surface area contributed by atoms with Crippen LogP contribution in [0.1, 0.15) is 19.4 Å². The molecule has 2 N–H and O–H groups in total. The van der Waals surface area contributed by atoms with Gasteiger partial charge in [0.15, 0.2) is 0 Å². The molecule has 1 aromatic rings. The number of aliphatic hydroxyl groups is 1. The standard InChI is InChI=1S/C12H19NO/c1-9(2)12(14)8-13-11-6-4-10(3)5-7-11/h4-7,9,12-14H,8H2,1-3H3. The molecule has 78 valence electrons. The van der Waals surface area contributed by atoms with Crippen molar-refractivity contribution >= 4 is 5.69 Å². The van der Waals surface area contributed by atoms with Gasteiger partial charge in [0.2, 0.25) is 0 Å². The Morgan fingerprint density at radius 3 is 2.29 bits per heavy atom. The number of rotatable bonds is 4. The maximum atomic E-state index is 9.58. The lowest BCUT2D eigenvalue weighted by Crippen LogP contribution is -2.24. The van der Waals surface area contributed by atoms with Crippen molar-refractivity contribution in [3.05, 3.63) is 29.8 Å². The molecular formula is C12H19NO. The molecule has 0 aromatic heterocycles. The molecule has 0 spiro atoms. The molecule has 14 heavy (non-hydrogen) atoms. The molecular weight excluding hydrogens is 174 g/mol. The molecule has 0 aliphatic heterocycles. The Morgan fingerprint density at radius 2 is 1.79 bits per heavy atom. The number of benzene rings is 1. The first kappa shape index (κ1) is 11.1. The van der Waals surface area contributed by atoms with Crippen LogP contribution in [0.4, 0.5) is 5.69 Å². The van der Waals surface area contributed by atoms with Crippen molar-refractivity contribution in [1.29, 1.82) is 0 Å². The number of anilines is 1. The van der Waals surface area contributed by atoms with Gasteiger partial charge in [0.05, 0.1) is 6.10 Å². The fourth-order valence-corrected chi connectivity index (χ4v) is 1.13. The van der Waals surface area contributed by atoms with Crippen LogP contribution < -0.4 is 5.32 Å². The van der Waals surface area contributed by atoms with Crippen LogP contribution in [0.2, 0.25) is 0 Å². The van der Waals surface area contributed by atoms with Crippen LogP contribution in [-0.4, -0.2) is 17.8 Å². The predicted octanol–water partition coefficient (Wildman–Crippen LogP) is 2.42. The highest BCUT2D eigenvalue weighted by Gasteiger charge is 2.07. The van der Waals surface area contributed by atoms with Crippen LogP contribution in [0.3, 0.4) is 0 Å². The highest BCUT2D eigenvalue weighted by atomic mass is 16.3. The van der Waals surface area contributed by atoms with E-state index in [-0.39, 0.29) is 6.10 Å². The number of hydrogen-bond acceptors (Lipinski definition) is 2. The Balaban J connectivity index is 2.42. The number of aliphatic hydroxyl groups excluding tert-OH is 1.